The molecule has 1 N–H and O–H groups in total. The molecule has 1 saturated carbocycles. The van der Waals surface area contributed by atoms with Crippen LogP contribution in [0.1, 0.15) is 33.6 Å². The minimum Gasteiger partial charge on any atom is -0.298 e. The van der Waals surface area contributed by atoms with Gasteiger partial charge in [0.1, 0.15) is 0 Å². The highest BCUT2D eigenvalue weighted by Crippen LogP contribution is 2.38. The predicted molar refractivity (Wildman–Crippen MR) is 117 cm³/mol. The van der Waals surface area contributed by atoms with E-state index in [9.17, 15) is 13.2 Å². The topological polar surface area (TPSA) is 79.4 Å². The Balaban J connectivity index is 1.34. The number of aromatic nitrogens is 1. The smallest absolute Gasteiger partial charge is 0.257 e. The molecular weight excluding hydrogens is 418 g/mol. The highest BCUT2D eigenvalue weighted by molar-refractivity contribution is 7.89. The Morgan fingerprint density at radius 3 is 2.57 bits per heavy atom. The Bertz CT molecular complexity index is 1230. The van der Waals surface area contributed by atoms with Gasteiger partial charge in [-0.25, -0.2) is 13.4 Å². The number of hydrogen-bond donors (Lipinski definition) is 1. The molecule has 1 amide bonds. The first kappa shape index (κ1) is 19.4. The number of benzene rings is 2. The van der Waals surface area contributed by atoms with E-state index in [1.807, 2.05) is 12.1 Å². The summed E-state index contributed by atoms with van der Waals surface area (Å²) in [7, 11) is -1.91. The summed E-state index contributed by atoms with van der Waals surface area (Å²) in [6.07, 6.45) is 3.70. The van der Waals surface area contributed by atoms with Crippen LogP contribution in [0.5, 0.6) is 0 Å². The summed E-state index contributed by atoms with van der Waals surface area (Å²) < 4.78 is 26.6. The maximum atomic E-state index is 12.7. The van der Waals surface area contributed by atoms with Crippen molar-refractivity contribution >= 4 is 32.4 Å². The molecule has 30 heavy (non-hydrogen) atoms. The van der Waals surface area contributed by atoms with Crippen LogP contribution in [0.3, 0.4) is 0 Å². The Morgan fingerprint density at radius 1 is 1.10 bits per heavy atom. The summed E-state index contributed by atoms with van der Waals surface area (Å²) in [5.41, 5.74) is 3.75. The molecule has 1 fully saturated rings. The second-order valence-electron chi connectivity index (χ2n) is 7.68. The van der Waals surface area contributed by atoms with Gasteiger partial charge in [-0.05, 0) is 55.5 Å². The minimum absolute atomic E-state index is 0.0963. The molecule has 5 rings (SSSR count). The van der Waals surface area contributed by atoms with Gasteiger partial charge in [-0.1, -0.05) is 24.3 Å². The number of hydrogen-bond acceptors (Lipinski definition) is 5. The Morgan fingerprint density at radius 2 is 1.83 bits per heavy atom. The van der Waals surface area contributed by atoms with Crippen LogP contribution in [-0.4, -0.2) is 36.7 Å². The molecule has 1 heterocycles. The van der Waals surface area contributed by atoms with Crippen LogP contribution in [0.25, 0.3) is 11.3 Å². The van der Waals surface area contributed by atoms with E-state index < -0.39 is 10.0 Å². The Kier molecular flexibility index (Phi) is 4.72. The second-order valence-corrected chi connectivity index (χ2v) is 10.8. The molecule has 0 aliphatic heterocycles. The first-order valence-corrected chi connectivity index (χ1v) is 12.2. The van der Waals surface area contributed by atoms with Gasteiger partial charge in [0.2, 0.25) is 10.0 Å². The van der Waals surface area contributed by atoms with Crippen molar-refractivity contribution in [2.75, 3.05) is 12.4 Å². The number of nitrogens with zero attached hydrogens (tertiary/aromatic N) is 2. The van der Waals surface area contributed by atoms with E-state index in [1.54, 1.807) is 19.2 Å². The third-order valence-corrected chi connectivity index (χ3v) is 8.62. The highest BCUT2D eigenvalue weighted by Gasteiger charge is 2.35. The lowest BCUT2D eigenvalue weighted by atomic mass is 9.94. The van der Waals surface area contributed by atoms with Crippen LogP contribution in [0, 0.1) is 0 Å². The van der Waals surface area contributed by atoms with Crippen LogP contribution in [0.2, 0.25) is 0 Å². The highest BCUT2D eigenvalue weighted by atomic mass is 32.2. The van der Waals surface area contributed by atoms with Gasteiger partial charge in [0.05, 0.1) is 10.6 Å². The van der Waals surface area contributed by atoms with Crippen LogP contribution in [-0.2, 0) is 22.9 Å². The lowest BCUT2D eigenvalue weighted by Crippen LogP contribution is -2.29. The standard InChI is InChI=1S/C22H21N3O3S2/c1-25(16-9-10-16)30(27,28)17-11-6-15(7-12-17)21(26)24-22-23-20-18-5-3-2-4-14(18)8-13-19(20)29-22/h2-7,11-12,16H,8-10,13H2,1H3,(H,23,24,26). The predicted octanol–water partition coefficient (Wildman–Crippen LogP) is 3.94. The molecule has 0 saturated heterocycles. The molecule has 3 aromatic rings. The van der Waals surface area contributed by atoms with Gasteiger partial charge in [-0.2, -0.15) is 4.31 Å². The van der Waals surface area contributed by atoms with Gasteiger partial charge < -0.3 is 0 Å². The number of thiazole rings is 1. The molecule has 2 aliphatic carbocycles. The molecule has 0 bridgehead atoms. The monoisotopic (exact) mass is 439 g/mol. The first-order chi connectivity index (χ1) is 14.4. The molecule has 0 spiro atoms. The van der Waals surface area contributed by atoms with Gasteiger partial charge in [0.25, 0.3) is 5.91 Å². The SMILES string of the molecule is CN(C1CC1)S(=O)(=O)c1ccc(C(=O)Nc2nc3c(s2)CCc2ccccc2-3)cc1. The van der Waals surface area contributed by atoms with Gasteiger partial charge in [-0.15, -0.1) is 11.3 Å². The average molecular weight is 440 g/mol. The third kappa shape index (κ3) is 3.45. The average Bonchev–Trinajstić information content (AvgIpc) is 3.52. The number of carbonyl (C=O) groups excluding carboxylic acids is 1. The third-order valence-electron chi connectivity index (χ3n) is 5.67. The lowest BCUT2D eigenvalue weighted by molar-refractivity contribution is 0.102. The van der Waals surface area contributed by atoms with E-state index in [4.69, 9.17) is 0 Å². The fourth-order valence-electron chi connectivity index (χ4n) is 3.75. The first-order valence-electron chi connectivity index (χ1n) is 9.91. The van der Waals surface area contributed by atoms with Crippen molar-refractivity contribution in [3.8, 4) is 11.3 Å². The normalized spacial score (nSPS) is 15.5. The van der Waals surface area contributed by atoms with Crippen LogP contribution in [0.4, 0.5) is 5.13 Å². The second kappa shape index (κ2) is 7.30. The number of amides is 1. The van der Waals surface area contributed by atoms with Crippen molar-refractivity contribution in [3.05, 3.63) is 64.5 Å². The van der Waals surface area contributed by atoms with Gasteiger partial charge in [0.15, 0.2) is 5.13 Å². The van der Waals surface area contributed by atoms with E-state index in [0.29, 0.717) is 10.7 Å². The van der Waals surface area contributed by atoms with Crippen molar-refractivity contribution in [3.63, 3.8) is 0 Å². The number of fused-ring (bicyclic) bond motifs is 3. The summed E-state index contributed by atoms with van der Waals surface area (Å²) in [5.74, 6) is -0.297. The Hall–Kier alpha value is -2.55. The van der Waals surface area contributed by atoms with Crippen molar-refractivity contribution in [2.45, 2.75) is 36.6 Å². The number of rotatable bonds is 5. The van der Waals surface area contributed by atoms with Crippen molar-refractivity contribution in [1.82, 2.24) is 9.29 Å². The fraction of sp³-hybridized carbons (Fsp3) is 0.273. The van der Waals surface area contributed by atoms with Crippen LogP contribution < -0.4 is 5.32 Å². The van der Waals surface area contributed by atoms with Crippen molar-refractivity contribution in [2.24, 2.45) is 0 Å². The minimum atomic E-state index is -3.52. The molecule has 6 nitrogen and oxygen atoms in total. The summed E-state index contributed by atoms with van der Waals surface area (Å²) in [6.45, 7) is 0. The molecule has 0 unspecified atom stereocenters. The van der Waals surface area contributed by atoms with Gasteiger partial charge >= 0.3 is 0 Å². The molecule has 2 aliphatic rings. The van der Waals surface area contributed by atoms with Gasteiger partial charge in [0, 0.05) is 29.1 Å². The molecule has 1 aromatic heterocycles. The zero-order valence-electron chi connectivity index (χ0n) is 16.5. The van der Waals surface area contributed by atoms with Crippen molar-refractivity contribution in [1.29, 1.82) is 0 Å². The molecule has 154 valence electrons. The summed E-state index contributed by atoms with van der Waals surface area (Å²) >= 11 is 1.50. The van der Waals surface area contributed by atoms with E-state index in [-0.39, 0.29) is 16.8 Å². The number of anilines is 1. The summed E-state index contributed by atoms with van der Waals surface area (Å²) in [4.78, 5) is 18.7. The molecule has 8 heteroatoms. The number of sulfonamides is 1. The zero-order valence-corrected chi connectivity index (χ0v) is 18.1. The lowest BCUT2D eigenvalue weighted by Gasteiger charge is -2.16. The number of carbonyl (C=O) groups is 1. The fourth-order valence-corrected chi connectivity index (χ4v) is 6.14. The van der Waals surface area contributed by atoms with E-state index >= 15 is 0 Å². The maximum Gasteiger partial charge on any atom is 0.257 e. The molecule has 2 aromatic carbocycles. The number of aryl methyl sites for hydroxylation is 2. The number of nitrogens with one attached hydrogen (secondary N) is 1. The largest absolute Gasteiger partial charge is 0.298 e. The molecule has 0 atom stereocenters. The molecular formula is C22H21N3O3S2. The molecule has 0 radical (unpaired) electrons. The maximum absolute atomic E-state index is 12.7. The summed E-state index contributed by atoms with van der Waals surface area (Å²) in [5, 5.41) is 3.43. The van der Waals surface area contributed by atoms with Crippen molar-refractivity contribution < 1.29 is 13.2 Å². The van der Waals surface area contributed by atoms with Gasteiger partial charge in [-0.3, -0.25) is 10.1 Å². The Labute approximate surface area is 179 Å². The summed E-state index contributed by atoms with van der Waals surface area (Å²) in [6, 6.07) is 14.4. The quantitative estimate of drug-likeness (QED) is 0.653. The van der Waals surface area contributed by atoms with E-state index in [0.717, 1.165) is 36.9 Å². The van der Waals surface area contributed by atoms with E-state index in [1.165, 1.54) is 38.2 Å². The van der Waals surface area contributed by atoms with Crippen LogP contribution in [0.15, 0.2) is 53.4 Å². The zero-order chi connectivity index (χ0) is 20.9. The van der Waals surface area contributed by atoms with E-state index in [2.05, 4.69) is 22.4 Å². The van der Waals surface area contributed by atoms with Crippen LogP contribution >= 0.6 is 11.3 Å².